The summed E-state index contributed by atoms with van der Waals surface area (Å²) in [5.41, 5.74) is 1.34. The van der Waals surface area contributed by atoms with E-state index in [4.69, 9.17) is 11.6 Å². The smallest absolute Gasteiger partial charge is 0.266 e. The first-order valence-corrected chi connectivity index (χ1v) is 4.32. The van der Waals surface area contributed by atoms with Crippen molar-refractivity contribution in [2.24, 2.45) is 4.99 Å². The maximum Gasteiger partial charge on any atom is 0.285 e. The largest absolute Gasteiger partial charge is 0.285 e. The number of hydrogen-bond donors (Lipinski definition) is 0. The molecule has 0 unspecified atom stereocenters. The molecule has 0 aromatic heterocycles. The Hall–Kier alpha value is -1.02. The number of nitrogens with zero attached hydrogens (tertiary/aromatic N) is 1. The first kappa shape index (κ1) is 10.1. The summed E-state index contributed by atoms with van der Waals surface area (Å²) in [5, 5.41) is 2.56. The fourth-order valence-corrected chi connectivity index (χ4v) is 1.10. The Morgan fingerprint density at radius 1 is 1.62 bits per heavy atom. The molecule has 1 rings (SSSR count). The lowest BCUT2D eigenvalue weighted by molar-refractivity contribution is 0.100. The molecule has 1 aromatic rings. The van der Waals surface area contributed by atoms with E-state index in [1.165, 1.54) is 0 Å². The lowest BCUT2D eigenvalue weighted by Crippen LogP contribution is -1.94. The van der Waals surface area contributed by atoms with E-state index in [-0.39, 0.29) is 0 Å². The van der Waals surface area contributed by atoms with Crippen LogP contribution in [0.15, 0.2) is 23.2 Å². The van der Waals surface area contributed by atoms with Crippen LogP contribution in [0.3, 0.4) is 0 Å². The van der Waals surface area contributed by atoms with Gasteiger partial charge in [-0.3, -0.25) is 4.79 Å². The minimum Gasteiger partial charge on any atom is -0.266 e. The third-order valence-electron chi connectivity index (χ3n) is 1.57. The first-order valence-electron chi connectivity index (χ1n) is 3.53. The second kappa shape index (κ2) is 4.28. The van der Waals surface area contributed by atoms with Crippen molar-refractivity contribution in [3.8, 4) is 0 Å². The van der Waals surface area contributed by atoms with E-state index in [0.29, 0.717) is 10.6 Å². The van der Waals surface area contributed by atoms with Crippen LogP contribution in [0.25, 0.3) is 0 Å². The van der Waals surface area contributed by atoms with Gasteiger partial charge in [0.05, 0.1) is 5.16 Å². The lowest BCUT2D eigenvalue weighted by Gasteiger charge is -1.98. The number of amides is 1. The Morgan fingerprint density at radius 2 is 2.31 bits per heavy atom. The Bertz CT molecular complexity index is 397. The molecule has 0 spiro atoms. The number of thiocarbonyl (C=S) groups is 1. The molecule has 0 saturated carbocycles. The molecule has 0 atom stereocenters. The van der Waals surface area contributed by atoms with E-state index in [1.54, 1.807) is 18.2 Å². The molecule has 0 heterocycles. The molecular weight excluding hydrogens is 206 g/mol. The lowest BCUT2D eigenvalue weighted by atomic mass is 10.1. The molecule has 2 nitrogen and oxygen atoms in total. The van der Waals surface area contributed by atoms with Crippen molar-refractivity contribution < 1.29 is 4.79 Å². The minimum atomic E-state index is -0.420. The van der Waals surface area contributed by atoms with Crippen molar-refractivity contribution in [2.45, 2.75) is 6.92 Å². The Balaban J connectivity index is 3.10. The zero-order valence-corrected chi connectivity index (χ0v) is 8.45. The van der Waals surface area contributed by atoms with Crippen LogP contribution >= 0.6 is 23.8 Å². The molecule has 1 amide bonds. The van der Waals surface area contributed by atoms with Crippen molar-refractivity contribution >= 4 is 34.9 Å². The number of benzene rings is 1. The monoisotopic (exact) mass is 211 g/mol. The van der Waals surface area contributed by atoms with Crippen molar-refractivity contribution in [1.29, 1.82) is 0 Å². The van der Waals surface area contributed by atoms with Gasteiger partial charge in [-0.25, -0.2) is 0 Å². The molecule has 13 heavy (non-hydrogen) atoms. The summed E-state index contributed by atoms with van der Waals surface area (Å²) < 4.78 is 0. The number of hydrogen-bond acceptors (Lipinski definition) is 2. The first-order chi connectivity index (χ1) is 6.15. The molecule has 0 aliphatic rings. The van der Waals surface area contributed by atoms with E-state index < -0.39 is 5.91 Å². The number of isothiocyanates is 1. The SMILES string of the molecule is Cc1ccc(C(=O)N=C=S)cc1Cl. The predicted octanol–water partition coefficient (Wildman–Crippen LogP) is 2.89. The van der Waals surface area contributed by atoms with E-state index in [1.807, 2.05) is 12.1 Å². The normalized spacial score (nSPS) is 9.08. The molecule has 4 heteroatoms. The highest BCUT2D eigenvalue weighted by Crippen LogP contribution is 2.16. The van der Waals surface area contributed by atoms with E-state index in [2.05, 4.69) is 17.2 Å². The Morgan fingerprint density at radius 3 is 2.85 bits per heavy atom. The summed E-state index contributed by atoms with van der Waals surface area (Å²) in [6, 6.07) is 4.98. The Labute approximate surface area is 86.2 Å². The van der Waals surface area contributed by atoms with Gasteiger partial charge in [-0.05, 0) is 36.8 Å². The van der Waals surface area contributed by atoms with Gasteiger partial charge >= 0.3 is 0 Å². The van der Waals surface area contributed by atoms with Gasteiger partial charge in [0.15, 0.2) is 0 Å². The van der Waals surface area contributed by atoms with Crippen molar-refractivity contribution in [3.63, 3.8) is 0 Å². The summed E-state index contributed by atoms with van der Waals surface area (Å²) in [6.07, 6.45) is 0. The summed E-state index contributed by atoms with van der Waals surface area (Å²) in [5.74, 6) is -0.420. The third kappa shape index (κ3) is 2.46. The van der Waals surface area contributed by atoms with Crippen LogP contribution in [0, 0.1) is 6.92 Å². The maximum absolute atomic E-state index is 11.2. The van der Waals surface area contributed by atoms with Gasteiger partial charge in [-0.15, -0.1) is 0 Å². The fraction of sp³-hybridized carbons (Fsp3) is 0.111. The standard InChI is InChI=1S/C9H6ClNOS/c1-6-2-3-7(4-8(6)10)9(12)11-5-13/h2-4H,1H3. The van der Waals surface area contributed by atoms with Gasteiger partial charge in [-0.1, -0.05) is 17.7 Å². The number of carbonyl (C=O) groups excluding carboxylic acids is 1. The molecule has 0 saturated heterocycles. The van der Waals surface area contributed by atoms with E-state index in [0.717, 1.165) is 5.56 Å². The van der Waals surface area contributed by atoms with Crippen LogP contribution in [-0.2, 0) is 0 Å². The average Bonchev–Trinajstić information content (AvgIpc) is 2.10. The quantitative estimate of drug-likeness (QED) is 0.528. The van der Waals surface area contributed by atoms with E-state index in [9.17, 15) is 4.79 Å². The highest BCUT2D eigenvalue weighted by atomic mass is 35.5. The van der Waals surface area contributed by atoms with Crippen molar-refractivity contribution in [3.05, 3.63) is 34.3 Å². The second-order valence-corrected chi connectivity index (χ2v) is 3.06. The molecule has 1 aromatic carbocycles. The van der Waals surface area contributed by atoms with Crippen LogP contribution in [-0.4, -0.2) is 11.1 Å². The zero-order valence-electron chi connectivity index (χ0n) is 6.87. The summed E-state index contributed by atoms with van der Waals surface area (Å²) in [6.45, 7) is 1.86. The van der Waals surface area contributed by atoms with Crippen LogP contribution in [0.5, 0.6) is 0 Å². The Kier molecular flexibility index (Phi) is 3.32. The summed E-state index contributed by atoms with van der Waals surface area (Å²) >= 11 is 10.1. The van der Waals surface area contributed by atoms with Gasteiger partial charge in [0.1, 0.15) is 0 Å². The zero-order chi connectivity index (χ0) is 9.84. The molecule has 0 fully saturated rings. The fourth-order valence-electron chi connectivity index (χ4n) is 0.832. The van der Waals surface area contributed by atoms with Crippen LogP contribution in [0.1, 0.15) is 15.9 Å². The van der Waals surface area contributed by atoms with Gasteiger partial charge in [0.25, 0.3) is 5.91 Å². The predicted molar refractivity (Wildman–Crippen MR) is 55.5 cm³/mol. The van der Waals surface area contributed by atoms with Gasteiger partial charge in [-0.2, -0.15) is 4.99 Å². The minimum absolute atomic E-state index is 0.420. The molecule has 0 aliphatic heterocycles. The van der Waals surface area contributed by atoms with Crippen LogP contribution in [0.2, 0.25) is 5.02 Å². The molecular formula is C9H6ClNOS. The topological polar surface area (TPSA) is 29.4 Å². The molecule has 0 aliphatic carbocycles. The number of halogens is 1. The molecule has 0 bridgehead atoms. The number of aryl methyl sites for hydroxylation is 1. The molecule has 0 N–H and O–H groups in total. The van der Waals surface area contributed by atoms with Gasteiger partial charge < -0.3 is 0 Å². The number of carbonyl (C=O) groups is 1. The average molecular weight is 212 g/mol. The maximum atomic E-state index is 11.2. The highest BCUT2D eigenvalue weighted by Gasteiger charge is 2.04. The second-order valence-electron chi connectivity index (χ2n) is 2.47. The number of aliphatic imine (C=N–C) groups is 1. The van der Waals surface area contributed by atoms with Gasteiger partial charge in [0, 0.05) is 10.6 Å². The van der Waals surface area contributed by atoms with Crippen molar-refractivity contribution in [1.82, 2.24) is 0 Å². The molecule has 0 radical (unpaired) electrons. The van der Waals surface area contributed by atoms with Crippen molar-refractivity contribution in [2.75, 3.05) is 0 Å². The highest BCUT2D eigenvalue weighted by molar-refractivity contribution is 7.78. The summed E-state index contributed by atoms with van der Waals surface area (Å²) in [7, 11) is 0. The van der Waals surface area contributed by atoms with Crippen LogP contribution in [0.4, 0.5) is 0 Å². The van der Waals surface area contributed by atoms with E-state index >= 15 is 0 Å². The summed E-state index contributed by atoms with van der Waals surface area (Å²) in [4.78, 5) is 14.5. The number of rotatable bonds is 1. The van der Waals surface area contributed by atoms with Gasteiger partial charge in [0.2, 0.25) is 0 Å². The molecule has 66 valence electrons. The third-order valence-corrected chi connectivity index (χ3v) is 2.06. The van der Waals surface area contributed by atoms with Crippen LogP contribution < -0.4 is 0 Å².